The number of aliphatic hydroxyl groups excluding tert-OH is 16. The van der Waals surface area contributed by atoms with E-state index >= 15 is 0 Å². The van der Waals surface area contributed by atoms with Gasteiger partial charge in [-0.2, -0.15) is 0 Å². The molecule has 0 unspecified atom stereocenters. The van der Waals surface area contributed by atoms with Crippen molar-refractivity contribution in [2.75, 3.05) is 39.6 Å². The van der Waals surface area contributed by atoms with Gasteiger partial charge in [0.2, 0.25) is 5.91 Å². The number of nitrogens with one attached hydrogen (secondary N) is 1. The van der Waals surface area contributed by atoms with Crippen LogP contribution in [0.15, 0.2) is 0 Å². The Morgan fingerprint density at radius 3 is 1.70 bits per heavy atom. The van der Waals surface area contributed by atoms with Crippen molar-refractivity contribution in [3.63, 3.8) is 0 Å². The normalized spacial score (nSPS) is 45.2. The van der Waals surface area contributed by atoms with Gasteiger partial charge in [0, 0.05) is 6.92 Å². The van der Waals surface area contributed by atoms with E-state index in [1.54, 1.807) is 0 Å². The van der Waals surface area contributed by atoms with Crippen LogP contribution in [0.25, 0.3) is 0 Å². The van der Waals surface area contributed by atoms with E-state index in [4.69, 9.17) is 37.9 Å². The summed E-state index contributed by atoms with van der Waals surface area (Å²) < 4.78 is 45.3. The highest BCUT2D eigenvalue weighted by Gasteiger charge is 2.55. The smallest absolute Gasteiger partial charge is 0.217 e. The second-order valence-corrected chi connectivity index (χ2v) is 14.0. The molecule has 334 valence electrons. The molecule has 1 amide bonds. The van der Waals surface area contributed by atoms with Crippen molar-refractivity contribution in [2.24, 2.45) is 0 Å². The number of hydrogen-bond acceptors (Lipinski definition) is 25. The first kappa shape index (κ1) is 48.2. The minimum atomic E-state index is -2.16. The molecule has 4 aliphatic rings. The molecule has 0 bridgehead atoms. The van der Waals surface area contributed by atoms with E-state index in [0.29, 0.717) is 0 Å². The van der Waals surface area contributed by atoms with Crippen LogP contribution in [-0.2, 0) is 42.7 Å². The van der Waals surface area contributed by atoms with E-state index in [-0.39, 0.29) is 0 Å². The molecular formula is C31H55NO25. The minimum absolute atomic E-state index is 0.641. The second-order valence-electron chi connectivity index (χ2n) is 14.0. The number of amides is 1. The Morgan fingerprint density at radius 2 is 1.16 bits per heavy atom. The molecule has 26 nitrogen and oxygen atoms in total. The second kappa shape index (κ2) is 21.3. The monoisotopic (exact) mass is 841 g/mol. The van der Waals surface area contributed by atoms with Crippen molar-refractivity contribution >= 4 is 5.91 Å². The van der Waals surface area contributed by atoms with Crippen LogP contribution in [0.1, 0.15) is 6.92 Å². The van der Waals surface area contributed by atoms with Gasteiger partial charge in [0.1, 0.15) is 110 Å². The van der Waals surface area contributed by atoms with Crippen LogP contribution in [0.3, 0.4) is 0 Å². The predicted octanol–water partition coefficient (Wildman–Crippen LogP) is -11.5. The van der Waals surface area contributed by atoms with Crippen molar-refractivity contribution < 1.29 is 124 Å². The fourth-order valence-electron chi connectivity index (χ4n) is 6.61. The zero-order valence-electron chi connectivity index (χ0n) is 30.4. The molecule has 0 aromatic rings. The summed E-state index contributed by atoms with van der Waals surface area (Å²) in [7, 11) is 0. The van der Waals surface area contributed by atoms with Crippen LogP contribution in [0.2, 0.25) is 0 Å². The van der Waals surface area contributed by atoms with E-state index in [2.05, 4.69) is 5.32 Å². The van der Waals surface area contributed by atoms with Gasteiger partial charge in [-0.1, -0.05) is 0 Å². The largest absolute Gasteiger partial charge is 0.394 e. The molecule has 0 saturated carbocycles. The lowest BCUT2D eigenvalue weighted by Crippen LogP contribution is -2.68. The molecule has 4 heterocycles. The highest BCUT2D eigenvalue weighted by molar-refractivity contribution is 5.73. The van der Waals surface area contributed by atoms with Crippen molar-refractivity contribution in [3.05, 3.63) is 0 Å². The summed E-state index contributed by atoms with van der Waals surface area (Å²) in [6, 6.07) is -1.58. The fourth-order valence-corrected chi connectivity index (χ4v) is 6.61. The minimum Gasteiger partial charge on any atom is -0.394 e. The van der Waals surface area contributed by atoms with Gasteiger partial charge < -0.3 is 125 Å². The van der Waals surface area contributed by atoms with Gasteiger partial charge in [-0.05, 0) is 0 Å². The Bertz CT molecular complexity index is 1220. The number of carbonyl (C=O) groups excluding carboxylic acids is 1. The number of ether oxygens (including phenoxy) is 8. The summed E-state index contributed by atoms with van der Waals surface area (Å²) in [6.45, 7) is -4.36. The molecular weight excluding hydrogens is 786 g/mol. The number of hydrogen-bond donors (Lipinski definition) is 17. The van der Waals surface area contributed by atoms with Crippen molar-refractivity contribution in [3.8, 4) is 0 Å². The van der Waals surface area contributed by atoms with E-state index in [0.717, 1.165) is 6.92 Å². The van der Waals surface area contributed by atoms with Crippen molar-refractivity contribution in [1.82, 2.24) is 5.32 Å². The fraction of sp³-hybridized carbons (Fsp3) is 0.968. The van der Waals surface area contributed by atoms with Gasteiger partial charge in [0.15, 0.2) is 25.2 Å². The topological polar surface area (TPSA) is 427 Å². The van der Waals surface area contributed by atoms with E-state index in [1.807, 2.05) is 0 Å². The molecule has 17 N–H and O–H groups in total. The molecule has 23 atom stereocenters. The third-order valence-corrected chi connectivity index (χ3v) is 9.97. The van der Waals surface area contributed by atoms with Crippen LogP contribution < -0.4 is 5.32 Å². The van der Waals surface area contributed by atoms with Crippen molar-refractivity contribution in [1.29, 1.82) is 0 Å². The average Bonchev–Trinajstić information content (AvgIpc) is 3.19. The Morgan fingerprint density at radius 1 is 0.632 bits per heavy atom. The van der Waals surface area contributed by atoms with Crippen molar-refractivity contribution in [2.45, 2.75) is 148 Å². The standard InChI is InChI=1S/C31H55NO25/c1-8(37)32-9(2-33)15(40)25(10(38)3-34)55-31-27(57-29-22(47)16(41)11(39)6-50-29)26(56-30-24(49)21(46)18(43)13(5-36)53-30)19(44)14(54-31)7-51-28-23(48)20(45)17(42)12(4-35)52-28/h9-31,33-36,38-49H,2-7H2,1H3,(H,32,37)/t9-,10+,11+,12+,13+,14+,15+,16-,17+,18+,19+,20-,21-,22+,23-,24-,25+,26-,27-,28-,29-,30+,31-/m0/s1. The zero-order chi connectivity index (χ0) is 42.5. The SMILES string of the molecule is CC(=O)N[C@@H](CO)[C@@H](O)[C@H](O[C@@H]1O[C@H](CO[C@H]2O[C@H](CO)[C@@H](O)[C@H](O)[C@@H]2O)[C@@H](O)[C@H](O[C@H]2O[C@H](CO)[C@@H](O)[C@H](O)[C@@H]2O)[C@@H]1O[C@@H]1OC[C@@H](O)[C@H](O)[C@H]1O)[C@H](O)CO. The molecule has 4 aliphatic heterocycles. The van der Waals surface area contributed by atoms with Crippen LogP contribution >= 0.6 is 0 Å². The third kappa shape index (κ3) is 11.1. The summed E-state index contributed by atoms with van der Waals surface area (Å²) in [6.07, 6.45) is -42.4. The summed E-state index contributed by atoms with van der Waals surface area (Å²) in [5, 5.41) is 169. The predicted molar refractivity (Wildman–Crippen MR) is 174 cm³/mol. The first-order valence-corrected chi connectivity index (χ1v) is 17.9. The number of rotatable bonds is 17. The number of aliphatic hydroxyl groups is 16. The van der Waals surface area contributed by atoms with Gasteiger partial charge >= 0.3 is 0 Å². The average molecular weight is 842 g/mol. The van der Waals surface area contributed by atoms with Gasteiger partial charge in [0.05, 0.1) is 45.7 Å². The molecule has 4 fully saturated rings. The molecule has 0 radical (unpaired) electrons. The molecule has 4 rings (SSSR count). The van der Waals surface area contributed by atoms with Gasteiger partial charge in [-0.25, -0.2) is 0 Å². The Balaban J connectivity index is 1.77. The van der Waals surface area contributed by atoms with E-state index in [1.165, 1.54) is 0 Å². The summed E-state index contributed by atoms with van der Waals surface area (Å²) in [5.74, 6) is -0.758. The highest BCUT2D eigenvalue weighted by atomic mass is 16.8. The van der Waals surface area contributed by atoms with Gasteiger partial charge in [-0.15, -0.1) is 0 Å². The van der Waals surface area contributed by atoms with Crippen LogP contribution in [0.5, 0.6) is 0 Å². The zero-order valence-corrected chi connectivity index (χ0v) is 30.4. The molecule has 0 aromatic heterocycles. The maximum absolute atomic E-state index is 11.8. The first-order valence-electron chi connectivity index (χ1n) is 17.9. The van der Waals surface area contributed by atoms with Crippen LogP contribution in [0, 0.1) is 0 Å². The lowest BCUT2D eigenvalue weighted by Gasteiger charge is -2.49. The third-order valence-electron chi connectivity index (χ3n) is 9.97. The molecule has 0 aliphatic carbocycles. The highest BCUT2D eigenvalue weighted by Crippen LogP contribution is 2.35. The summed E-state index contributed by atoms with van der Waals surface area (Å²) in [5.41, 5.74) is 0. The Labute approximate surface area is 323 Å². The molecule has 0 spiro atoms. The molecule has 4 saturated heterocycles. The molecule has 26 heteroatoms. The van der Waals surface area contributed by atoms with E-state index in [9.17, 15) is 86.5 Å². The summed E-state index contributed by atoms with van der Waals surface area (Å²) >= 11 is 0. The van der Waals surface area contributed by atoms with Gasteiger partial charge in [0.25, 0.3) is 0 Å². The lowest BCUT2D eigenvalue weighted by molar-refractivity contribution is -0.397. The van der Waals surface area contributed by atoms with Crippen LogP contribution in [-0.4, -0.2) is 268 Å². The number of carbonyl (C=O) groups is 1. The summed E-state index contributed by atoms with van der Waals surface area (Å²) in [4.78, 5) is 11.8. The Kier molecular flexibility index (Phi) is 18.0. The maximum Gasteiger partial charge on any atom is 0.217 e. The Hall–Kier alpha value is -1.49. The molecule has 57 heavy (non-hydrogen) atoms. The lowest BCUT2D eigenvalue weighted by atomic mass is 9.95. The first-order chi connectivity index (χ1) is 26.9. The maximum atomic E-state index is 11.8. The van der Waals surface area contributed by atoms with E-state index < -0.39 is 187 Å². The van der Waals surface area contributed by atoms with Crippen LogP contribution in [0.4, 0.5) is 0 Å². The molecule has 0 aromatic carbocycles. The quantitative estimate of drug-likeness (QED) is 0.0646. The van der Waals surface area contributed by atoms with Gasteiger partial charge in [-0.3, -0.25) is 4.79 Å².